The second-order valence-corrected chi connectivity index (χ2v) is 7.27. The van der Waals surface area contributed by atoms with E-state index in [-0.39, 0.29) is 4.83 Å². The Balaban J connectivity index is 2.46. The fourth-order valence-electron chi connectivity index (χ4n) is 1.88. The van der Waals surface area contributed by atoms with Crippen LogP contribution in [0.2, 0.25) is 5.02 Å². The Labute approximate surface area is 149 Å². The van der Waals surface area contributed by atoms with E-state index >= 15 is 0 Å². The average Bonchev–Trinajstić information content (AvgIpc) is 2.40. The van der Waals surface area contributed by atoms with E-state index in [1.54, 1.807) is 0 Å². The largest absolute Gasteiger partial charge is 0.494 e. The lowest BCUT2D eigenvalue weighted by atomic mass is 10.0. The SMILES string of the molecule is CCOc1ccc(Br)cc1C(Br)c1ccc(Cl)cc1Br. The van der Waals surface area contributed by atoms with Crippen molar-refractivity contribution in [3.8, 4) is 5.75 Å². The zero-order chi connectivity index (χ0) is 14.7. The van der Waals surface area contributed by atoms with Crippen molar-refractivity contribution in [3.63, 3.8) is 0 Å². The zero-order valence-corrected chi connectivity index (χ0v) is 16.2. The summed E-state index contributed by atoms with van der Waals surface area (Å²) in [5, 5.41) is 0.708. The monoisotopic (exact) mass is 480 g/mol. The second kappa shape index (κ2) is 7.30. The molecule has 0 spiro atoms. The lowest BCUT2D eigenvalue weighted by Gasteiger charge is -2.17. The van der Waals surface area contributed by atoms with Crippen molar-refractivity contribution in [1.82, 2.24) is 0 Å². The summed E-state index contributed by atoms with van der Waals surface area (Å²) >= 11 is 16.8. The molecule has 0 amide bonds. The Morgan fingerprint density at radius 1 is 1.10 bits per heavy atom. The minimum atomic E-state index is 0.0215. The van der Waals surface area contributed by atoms with Gasteiger partial charge in [-0.1, -0.05) is 65.5 Å². The Morgan fingerprint density at radius 2 is 1.85 bits per heavy atom. The maximum absolute atomic E-state index is 6.00. The summed E-state index contributed by atoms with van der Waals surface area (Å²) in [6, 6.07) is 11.8. The van der Waals surface area contributed by atoms with E-state index in [2.05, 4.69) is 53.9 Å². The fraction of sp³-hybridized carbons (Fsp3) is 0.200. The highest BCUT2D eigenvalue weighted by Gasteiger charge is 2.18. The number of benzene rings is 2. The third-order valence-corrected chi connectivity index (χ3v) is 5.18. The molecular weight excluding hydrogens is 471 g/mol. The van der Waals surface area contributed by atoms with Crippen molar-refractivity contribution in [2.24, 2.45) is 0 Å². The molecule has 1 atom stereocenters. The molecule has 20 heavy (non-hydrogen) atoms. The Bertz CT molecular complexity index is 616. The van der Waals surface area contributed by atoms with Gasteiger partial charge in [-0.3, -0.25) is 0 Å². The number of rotatable bonds is 4. The van der Waals surface area contributed by atoms with E-state index in [0.717, 1.165) is 25.8 Å². The summed E-state index contributed by atoms with van der Waals surface area (Å²) in [4.78, 5) is 0.0215. The molecule has 0 heterocycles. The highest BCUT2D eigenvalue weighted by atomic mass is 79.9. The first-order valence-corrected chi connectivity index (χ1v) is 8.92. The van der Waals surface area contributed by atoms with Crippen LogP contribution >= 0.6 is 59.4 Å². The lowest BCUT2D eigenvalue weighted by molar-refractivity contribution is 0.337. The quantitative estimate of drug-likeness (QED) is 0.438. The van der Waals surface area contributed by atoms with Gasteiger partial charge in [-0.25, -0.2) is 0 Å². The summed E-state index contributed by atoms with van der Waals surface area (Å²) in [6.07, 6.45) is 0. The predicted octanol–water partition coefficient (Wildman–Crippen LogP) is 6.75. The maximum atomic E-state index is 6.00. The van der Waals surface area contributed by atoms with Crippen molar-refractivity contribution in [1.29, 1.82) is 0 Å². The molecule has 0 aliphatic rings. The standard InChI is InChI=1S/C15H12Br3ClO/c1-2-20-14-6-3-9(16)7-12(14)15(18)11-5-4-10(19)8-13(11)17/h3-8,15H,2H2,1H3. The molecule has 0 aliphatic carbocycles. The highest BCUT2D eigenvalue weighted by Crippen LogP contribution is 2.41. The van der Waals surface area contributed by atoms with Crippen LogP contribution in [0.4, 0.5) is 0 Å². The number of hydrogen-bond acceptors (Lipinski definition) is 1. The third-order valence-electron chi connectivity index (χ3n) is 2.78. The second-order valence-electron chi connectivity index (χ2n) is 4.14. The van der Waals surface area contributed by atoms with Gasteiger partial charge < -0.3 is 4.74 Å². The van der Waals surface area contributed by atoms with Gasteiger partial charge in [0.15, 0.2) is 0 Å². The number of hydrogen-bond donors (Lipinski definition) is 0. The summed E-state index contributed by atoms with van der Waals surface area (Å²) in [6.45, 7) is 2.61. The van der Waals surface area contributed by atoms with Gasteiger partial charge >= 0.3 is 0 Å². The van der Waals surface area contributed by atoms with Crippen molar-refractivity contribution in [2.45, 2.75) is 11.8 Å². The van der Waals surface area contributed by atoms with Crippen LogP contribution in [0.3, 0.4) is 0 Å². The average molecular weight is 483 g/mol. The van der Waals surface area contributed by atoms with E-state index in [4.69, 9.17) is 16.3 Å². The van der Waals surface area contributed by atoms with Crippen molar-refractivity contribution in [3.05, 3.63) is 61.5 Å². The molecule has 0 bridgehead atoms. The maximum Gasteiger partial charge on any atom is 0.124 e. The zero-order valence-electron chi connectivity index (χ0n) is 10.7. The molecule has 0 fully saturated rings. The van der Waals surface area contributed by atoms with Gasteiger partial charge in [0.2, 0.25) is 0 Å². The summed E-state index contributed by atoms with van der Waals surface area (Å²) < 4.78 is 7.69. The highest BCUT2D eigenvalue weighted by molar-refractivity contribution is 9.11. The number of alkyl halides is 1. The first-order valence-electron chi connectivity index (χ1n) is 6.04. The molecule has 0 radical (unpaired) electrons. The first kappa shape index (κ1) is 16.3. The smallest absolute Gasteiger partial charge is 0.124 e. The fourth-order valence-corrected chi connectivity index (χ4v) is 4.23. The minimum Gasteiger partial charge on any atom is -0.494 e. The Morgan fingerprint density at radius 3 is 2.50 bits per heavy atom. The summed E-state index contributed by atoms with van der Waals surface area (Å²) in [5.41, 5.74) is 2.18. The third kappa shape index (κ3) is 3.79. The first-order chi connectivity index (χ1) is 9.52. The molecule has 0 saturated heterocycles. The van der Waals surface area contributed by atoms with Crippen LogP contribution in [0.5, 0.6) is 5.75 Å². The summed E-state index contributed by atoms with van der Waals surface area (Å²) in [5.74, 6) is 0.874. The van der Waals surface area contributed by atoms with Crippen LogP contribution in [0.25, 0.3) is 0 Å². The molecular formula is C15H12Br3ClO. The molecule has 5 heteroatoms. The van der Waals surface area contributed by atoms with Gasteiger partial charge in [0.05, 0.1) is 11.4 Å². The van der Waals surface area contributed by atoms with Crippen molar-refractivity contribution >= 4 is 59.4 Å². The van der Waals surface area contributed by atoms with Gasteiger partial charge in [0.1, 0.15) is 5.75 Å². The topological polar surface area (TPSA) is 9.23 Å². The van der Waals surface area contributed by atoms with Gasteiger partial charge in [-0.15, -0.1) is 0 Å². The molecule has 2 aromatic rings. The number of halogens is 4. The molecule has 0 aromatic heterocycles. The van der Waals surface area contributed by atoms with Crippen LogP contribution < -0.4 is 4.74 Å². The molecule has 1 unspecified atom stereocenters. The van der Waals surface area contributed by atoms with Crippen LogP contribution in [0.1, 0.15) is 22.9 Å². The molecule has 2 rings (SSSR count). The van der Waals surface area contributed by atoms with Crippen LogP contribution in [0, 0.1) is 0 Å². The van der Waals surface area contributed by atoms with Gasteiger partial charge in [-0.2, -0.15) is 0 Å². The van der Waals surface area contributed by atoms with Crippen LogP contribution in [0.15, 0.2) is 45.3 Å². The summed E-state index contributed by atoms with van der Waals surface area (Å²) in [7, 11) is 0. The van der Waals surface area contributed by atoms with Gasteiger partial charge in [0, 0.05) is 19.5 Å². The van der Waals surface area contributed by atoms with Gasteiger partial charge in [-0.05, 0) is 42.8 Å². The molecule has 1 nitrogen and oxygen atoms in total. The van der Waals surface area contributed by atoms with E-state index in [1.165, 1.54) is 0 Å². The molecule has 106 valence electrons. The van der Waals surface area contributed by atoms with Crippen LogP contribution in [-0.2, 0) is 0 Å². The lowest BCUT2D eigenvalue weighted by Crippen LogP contribution is -2.00. The van der Waals surface area contributed by atoms with Gasteiger partial charge in [0.25, 0.3) is 0 Å². The molecule has 0 N–H and O–H groups in total. The van der Waals surface area contributed by atoms with E-state index < -0.39 is 0 Å². The van der Waals surface area contributed by atoms with Crippen LogP contribution in [-0.4, -0.2) is 6.61 Å². The van der Waals surface area contributed by atoms with E-state index in [1.807, 2.05) is 37.3 Å². The van der Waals surface area contributed by atoms with Crippen molar-refractivity contribution in [2.75, 3.05) is 6.61 Å². The van der Waals surface area contributed by atoms with E-state index in [0.29, 0.717) is 11.6 Å². The Hall–Kier alpha value is -0.0300. The van der Waals surface area contributed by atoms with Crippen molar-refractivity contribution < 1.29 is 4.74 Å². The normalized spacial score (nSPS) is 12.2. The predicted molar refractivity (Wildman–Crippen MR) is 95.2 cm³/mol. The van der Waals surface area contributed by atoms with E-state index in [9.17, 15) is 0 Å². The minimum absolute atomic E-state index is 0.0215. The number of ether oxygens (including phenoxy) is 1. The Kier molecular flexibility index (Phi) is 5.96. The molecule has 0 aliphatic heterocycles. The molecule has 2 aromatic carbocycles. The molecule has 0 saturated carbocycles.